The Morgan fingerprint density at radius 1 is 1.13 bits per heavy atom. The van der Waals surface area contributed by atoms with Crippen molar-refractivity contribution >= 4 is 5.91 Å². The molecule has 0 aromatic carbocycles. The molecule has 90 valence electrons. The Balaban J connectivity index is 4.19. The molecule has 15 heavy (non-hydrogen) atoms. The minimum Gasteiger partial charge on any atom is -0.350 e. The van der Waals surface area contributed by atoms with Gasteiger partial charge in [0.2, 0.25) is 5.91 Å². The minimum absolute atomic E-state index is 0.0919. The van der Waals surface area contributed by atoms with Crippen LogP contribution in [-0.4, -0.2) is 37.0 Å². The van der Waals surface area contributed by atoms with Crippen LogP contribution in [0.5, 0.6) is 0 Å². The Kier molecular flexibility index (Phi) is 4.78. The van der Waals surface area contributed by atoms with Crippen molar-refractivity contribution in [2.24, 2.45) is 5.41 Å². The van der Waals surface area contributed by atoms with E-state index in [4.69, 9.17) is 0 Å². The molecule has 0 saturated carbocycles. The average molecular weight is 214 g/mol. The van der Waals surface area contributed by atoms with Gasteiger partial charge in [-0.2, -0.15) is 0 Å². The summed E-state index contributed by atoms with van der Waals surface area (Å²) in [5.74, 6) is 0.0919. The van der Waals surface area contributed by atoms with Crippen LogP contribution >= 0.6 is 0 Å². The third-order valence-electron chi connectivity index (χ3n) is 1.91. The van der Waals surface area contributed by atoms with E-state index in [0.717, 1.165) is 6.42 Å². The van der Waals surface area contributed by atoms with Gasteiger partial charge in [0.15, 0.2) is 0 Å². The van der Waals surface area contributed by atoms with Crippen molar-refractivity contribution in [1.29, 1.82) is 0 Å². The van der Waals surface area contributed by atoms with Crippen molar-refractivity contribution in [1.82, 2.24) is 10.2 Å². The lowest BCUT2D eigenvalue weighted by Crippen LogP contribution is -2.48. The fraction of sp³-hybridized carbons (Fsp3) is 0.917. The van der Waals surface area contributed by atoms with Gasteiger partial charge in [0.05, 0.1) is 6.54 Å². The molecule has 0 unspecified atom stereocenters. The second-order valence-electron chi connectivity index (χ2n) is 6.41. The largest absolute Gasteiger partial charge is 0.350 e. The van der Waals surface area contributed by atoms with Crippen LogP contribution in [0.25, 0.3) is 0 Å². The molecule has 1 amide bonds. The summed E-state index contributed by atoms with van der Waals surface area (Å²) in [4.78, 5) is 13.5. The second-order valence-corrected chi connectivity index (χ2v) is 6.41. The lowest BCUT2D eigenvalue weighted by atomic mass is 9.82. The molecule has 3 heteroatoms. The highest BCUT2D eigenvalue weighted by Crippen LogP contribution is 2.26. The van der Waals surface area contributed by atoms with Crippen molar-refractivity contribution < 1.29 is 4.79 Å². The van der Waals surface area contributed by atoms with Gasteiger partial charge in [-0.15, -0.1) is 0 Å². The van der Waals surface area contributed by atoms with E-state index in [-0.39, 0.29) is 16.9 Å². The van der Waals surface area contributed by atoms with Gasteiger partial charge in [0.1, 0.15) is 0 Å². The summed E-state index contributed by atoms with van der Waals surface area (Å²) >= 11 is 0. The van der Waals surface area contributed by atoms with Gasteiger partial charge in [0.25, 0.3) is 0 Å². The van der Waals surface area contributed by atoms with Gasteiger partial charge in [-0.1, -0.05) is 20.8 Å². The lowest BCUT2D eigenvalue weighted by molar-refractivity contribution is -0.123. The molecule has 0 aliphatic carbocycles. The molecule has 0 heterocycles. The number of hydrogen-bond acceptors (Lipinski definition) is 2. The zero-order valence-corrected chi connectivity index (χ0v) is 11.3. The van der Waals surface area contributed by atoms with Crippen LogP contribution in [0, 0.1) is 5.41 Å². The van der Waals surface area contributed by atoms with Crippen LogP contribution in [0.3, 0.4) is 0 Å². The van der Waals surface area contributed by atoms with Crippen LogP contribution in [0.2, 0.25) is 0 Å². The molecule has 0 atom stereocenters. The molecular formula is C12H26N2O. The van der Waals surface area contributed by atoms with Crippen LogP contribution in [-0.2, 0) is 4.79 Å². The molecule has 0 saturated heterocycles. The number of nitrogens with one attached hydrogen (secondary N) is 1. The average Bonchev–Trinajstić information content (AvgIpc) is 1.73. The second kappa shape index (κ2) is 4.97. The van der Waals surface area contributed by atoms with Crippen molar-refractivity contribution in [3.8, 4) is 0 Å². The van der Waals surface area contributed by atoms with E-state index in [1.165, 1.54) is 0 Å². The molecule has 0 bridgehead atoms. The summed E-state index contributed by atoms with van der Waals surface area (Å²) in [5, 5.41) is 3.06. The third-order valence-corrected chi connectivity index (χ3v) is 1.91. The van der Waals surface area contributed by atoms with Crippen LogP contribution in [0.4, 0.5) is 0 Å². The molecule has 1 N–H and O–H groups in total. The predicted octanol–water partition coefficient (Wildman–Crippen LogP) is 1.88. The Bertz CT molecular complexity index is 214. The molecule has 0 aliphatic heterocycles. The quantitative estimate of drug-likeness (QED) is 0.775. The standard InChI is InChI=1S/C12H26N2O/c1-11(2,3)9-12(4,5)13-10(15)8-14(6)7/h8-9H2,1-7H3,(H,13,15). The van der Waals surface area contributed by atoms with E-state index >= 15 is 0 Å². The van der Waals surface area contributed by atoms with E-state index in [1.807, 2.05) is 19.0 Å². The number of carbonyl (C=O) groups is 1. The van der Waals surface area contributed by atoms with Crippen LogP contribution < -0.4 is 5.32 Å². The highest BCUT2D eigenvalue weighted by Gasteiger charge is 2.26. The number of likely N-dealkylation sites (N-methyl/N-ethyl adjacent to an activating group) is 1. The molecule has 0 rings (SSSR count). The van der Waals surface area contributed by atoms with Crippen molar-refractivity contribution in [2.45, 2.75) is 46.6 Å². The monoisotopic (exact) mass is 214 g/mol. The van der Waals surface area contributed by atoms with E-state index in [2.05, 4.69) is 39.9 Å². The molecular weight excluding hydrogens is 188 g/mol. The van der Waals surface area contributed by atoms with E-state index in [1.54, 1.807) is 0 Å². The molecule has 0 spiro atoms. The normalized spacial score (nSPS) is 13.1. The fourth-order valence-electron chi connectivity index (χ4n) is 2.07. The number of rotatable bonds is 4. The number of nitrogens with zero attached hydrogens (tertiary/aromatic N) is 1. The first kappa shape index (κ1) is 14.4. The summed E-state index contributed by atoms with van der Waals surface area (Å²) in [6.07, 6.45) is 0.971. The number of carbonyl (C=O) groups excluding carboxylic acids is 1. The third kappa shape index (κ3) is 8.43. The Morgan fingerprint density at radius 3 is 1.93 bits per heavy atom. The molecule has 0 aromatic heterocycles. The van der Waals surface area contributed by atoms with Gasteiger partial charge in [-0.3, -0.25) is 4.79 Å². The maximum Gasteiger partial charge on any atom is 0.234 e. The molecule has 0 radical (unpaired) electrons. The minimum atomic E-state index is -0.134. The van der Waals surface area contributed by atoms with Crippen molar-refractivity contribution in [3.05, 3.63) is 0 Å². The smallest absolute Gasteiger partial charge is 0.234 e. The Morgan fingerprint density at radius 2 is 1.60 bits per heavy atom. The summed E-state index contributed by atoms with van der Waals surface area (Å²) in [6, 6.07) is 0. The zero-order chi connectivity index (χ0) is 12.3. The van der Waals surface area contributed by atoms with Crippen molar-refractivity contribution in [2.75, 3.05) is 20.6 Å². The molecule has 0 fully saturated rings. The van der Waals surface area contributed by atoms with Gasteiger partial charge >= 0.3 is 0 Å². The number of amides is 1. The zero-order valence-electron chi connectivity index (χ0n) is 11.3. The maximum absolute atomic E-state index is 11.6. The molecule has 0 aliphatic rings. The first-order chi connectivity index (χ1) is 6.52. The van der Waals surface area contributed by atoms with Gasteiger partial charge < -0.3 is 10.2 Å². The van der Waals surface area contributed by atoms with E-state index < -0.39 is 0 Å². The van der Waals surface area contributed by atoms with Crippen LogP contribution in [0.15, 0.2) is 0 Å². The summed E-state index contributed by atoms with van der Waals surface area (Å²) in [7, 11) is 3.80. The number of hydrogen-bond donors (Lipinski definition) is 1. The van der Waals surface area contributed by atoms with Crippen molar-refractivity contribution in [3.63, 3.8) is 0 Å². The topological polar surface area (TPSA) is 32.3 Å². The predicted molar refractivity (Wildman–Crippen MR) is 64.8 cm³/mol. The SMILES string of the molecule is CN(C)CC(=O)NC(C)(C)CC(C)(C)C. The first-order valence-electron chi connectivity index (χ1n) is 5.48. The summed E-state index contributed by atoms with van der Waals surface area (Å²) in [6.45, 7) is 11.2. The van der Waals surface area contributed by atoms with Crippen LogP contribution in [0.1, 0.15) is 41.0 Å². The Hall–Kier alpha value is -0.570. The maximum atomic E-state index is 11.6. The fourth-order valence-corrected chi connectivity index (χ4v) is 2.07. The Labute approximate surface area is 94.2 Å². The highest BCUT2D eigenvalue weighted by atomic mass is 16.2. The van der Waals surface area contributed by atoms with Gasteiger partial charge in [0, 0.05) is 5.54 Å². The van der Waals surface area contributed by atoms with E-state index in [0.29, 0.717) is 6.54 Å². The van der Waals surface area contributed by atoms with Gasteiger partial charge in [-0.25, -0.2) is 0 Å². The summed E-state index contributed by atoms with van der Waals surface area (Å²) in [5.41, 5.74) is 0.0975. The highest BCUT2D eigenvalue weighted by molar-refractivity contribution is 5.78. The first-order valence-corrected chi connectivity index (χ1v) is 5.48. The summed E-state index contributed by atoms with van der Waals surface area (Å²) < 4.78 is 0. The van der Waals surface area contributed by atoms with E-state index in [9.17, 15) is 4.79 Å². The molecule has 0 aromatic rings. The molecule has 3 nitrogen and oxygen atoms in total. The lowest BCUT2D eigenvalue weighted by Gasteiger charge is -2.33. The van der Waals surface area contributed by atoms with Gasteiger partial charge in [-0.05, 0) is 39.8 Å².